The van der Waals surface area contributed by atoms with Crippen molar-refractivity contribution in [3.05, 3.63) is 12.7 Å². The van der Waals surface area contributed by atoms with Crippen molar-refractivity contribution in [2.75, 3.05) is 26.6 Å². The Morgan fingerprint density at radius 2 is 1.96 bits per heavy atom. The number of methoxy groups -OCH3 is 1. The summed E-state index contributed by atoms with van der Waals surface area (Å²) in [6.07, 6.45) is 2.60. The van der Waals surface area contributed by atoms with E-state index in [4.69, 9.17) is 19.7 Å². The van der Waals surface area contributed by atoms with E-state index in [-0.39, 0.29) is 18.1 Å². The van der Waals surface area contributed by atoms with Crippen LogP contribution in [0.2, 0.25) is 0 Å². The lowest BCUT2D eigenvalue weighted by atomic mass is 9.97. The van der Waals surface area contributed by atoms with Crippen molar-refractivity contribution in [2.45, 2.75) is 26.2 Å². The van der Waals surface area contributed by atoms with Gasteiger partial charge in [-0.15, -0.1) is 0 Å². The number of hydrogen-bond acceptors (Lipinski definition) is 9. The van der Waals surface area contributed by atoms with Crippen LogP contribution in [0.5, 0.6) is 0 Å². The first kappa shape index (κ1) is 19.3. The molecule has 0 aromatic carbocycles. The predicted octanol–water partition coefficient (Wildman–Crippen LogP) is 1.38. The van der Waals surface area contributed by atoms with E-state index < -0.39 is 24.9 Å². The summed E-state index contributed by atoms with van der Waals surface area (Å²) in [6, 6.07) is 0. The first-order valence-corrected chi connectivity index (χ1v) is 8.74. The number of anilines is 1. The van der Waals surface area contributed by atoms with Crippen LogP contribution >= 0.6 is 8.03 Å². The highest BCUT2D eigenvalue weighted by Crippen LogP contribution is 2.46. The van der Waals surface area contributed by atoms with Crippen molar-refractivity contribution in [1.29, 1.82) is 0 Å². The van der Waals surface area contributed by atoms with Crippen molar-refractivity contribution in [3.63, 3.8) is 0 Å². The Morgan fingerprint density at radius 3 is 2.52 bits per heavy atom. The quantitative estimate of drug-likeness (QED) is 0.590. The molecule has 0 bridgehead atoms. The third-order valence-corrected chi connectivity index (χ3v) is 5.20. The first-order valence-electron chi connectivity index (χ1n) is 7.42. The molecule has 2 N–H and O–H groups in total. The number of aromatic nitrogens is 4. The van der Waals surface area contributed by atoms with Gasteiger partial charge in [0.05, 0.1) is 5.41 Å². The monoisotopic (exact) mass is 371 g/mol. The van der Waals surface area contributed by atoms with Crippen molar-refractivity contribution in [2.24, 2.45) is 5.41 Å². The lowest BCUT2D eigenvalue weighted by molar-refractivity contribution is -0.162. The number of nitrogens with two attached hydrogens (primary N) is 1. The Balaban J connectivity index is 2.53. The van der Waals surface area contributed by atoms with E-state index in [0.29, 0.717) is 5.52 Å². The number of ether oxygens (including phenoxy) is 2. The van der Waals surface area contributed by atoms with Crippen LogP contribution in [-0.4, -0.2) is 46.3 Å². The molecular formula is C14H22N5O5P. The molecule has 0 amide bonds. The highest BCUT2D eigenvalue weighted by Gasteiger charge is 2.43. The largest absolute Gasteiger partial charge is 0.459 e. The molecule has 0 saturated carbocycles. The van der Waals surface area contributed by atoms with Gasteiger partial charge >= 0.3 is 5.97 Å². The molecule has 0 saturated heterocycles. The number of esters is 1. The molecule has 0 aliphatic carbocycles. The Labute approximate surface area is 145 Å². The number of rotatable bonds is 6. The van der Waals surface area contributed by atoms with Gasteiger partial charge in [0.15, 0.2) is 11.5 Å². The van der Waals surface area contributed by atoms with Gasteiger partial charge < -0.3 is 19.7 Å². The minimum absolute atomic E-state index is 0.164. The summed E-state index contributed by atoms with van der Waals surface area (Å²) in [5.74, 6) is -0.309. The van der Waals surface area contributed by atoms with Gasteiger partial charge in [0, 0.05) is 14.2 Å². The van der Waals surface area contributed by atoms with Gasteiger partial charge in [-0.2, -0.15) is 0 Å². The predicted molar refractivity (Wildman–Crippen MR) is 91.1 cm³/mol. The van der Waals surface area contributed by atoms with Crippen LogP contribution in [0.3, 0.4) is 0 Å². The zero-order valence-electron chi connectivity index (χ0n) is 14.8. The van der Waals surface area contributed by atoms with Crippen LogP contribution < -0.4 is 5.73 Å². The number of carbonyl (C=O) groups excluding carboxylic acids is 1. The molecule has 2 rings (SSSR count). The number of nitrogen functional groups attached to an aromatic ring is 1. The topological polar surface area (TPSA) is 131 Å². The molecule has 2 aromatic heterocycles. The van der Waals surface area contributed by atoms with Gasteiger partial charge in [-0.25, -0.2) is 15.0 Å². The maximum Gasteiger partial charge on any atom is 0.311 e. The van der Waals surface area contributed by atoms with E-state index >= 15 is 0 Å². The smallest absolute Gasteiger partial charge is 0.311 e. The van der Waals surface area contributed by atoms with Gasteiger partial charge in [-0.1, -0.05) is 0 Å². The molecule has 0 aliphatic heterocycles. The van der Waals surface area contributed by atoms with Crippen LogP contribution in [0.4, 0.5) is 5.82 Å². The van der Waals surface area contributed by atoms with Crippen molar-refractivity contribution >= 4 is 31.0 Å². The van der Waals surface area contributed by atoms with E-state index in [1.807, 2.05) is 0 Å². The summed E-state index contributed by atoms with van der Waals surface area (Å²) in [5.41, 5.74) is 4.05. The fourth-order valence-corrected chi connectivity index (χ4v) is 3.16. The van der Waals surface area contributed by atoms with Gasteiger partial charge in [0.2, 0.25) is 8.03 Å². The molecule has 2 atom stereocenters. The highest BCUT2D eigenvalue weighted by atomic mass is 31.1. The molecule has 2 unspecified atom stereocenters. The Hall–Kier alpha value is -2.03. The minimum Gasteiger partial charge on any atom is -0.459 e. The standard InChI is InChI=1S/C14H22N5O5P/c1-13(2,3)12(20)24-6-14(22-4,25(21)23-5)19-8-18-9-10(15)16-7-17-11(9)19/h7-8,25H,6H2,1-5H3,(H2,15,16,17). The molecule has 0 aliphatic rings. The second-order valence-electron chi connectivity index (χ2n) is 6.35. The molecular weight excluding hydrogens is 349 g/mol. The average Bonchev–Trinajstić information content (AvgIpc) is 3.00. The summed E-state index contributed by atoms with van der Waals surface area (Å²) in [5, 5.41) is 0. The van der Waals surface area contributed by atoms with Crippen LogP contribution in [0.25, 0.3) is 11.2 Å². The molecule has 25 heavy (non-hydrogen) atoms. The SMILES string of the molecule is CO[PH](=O)C(COC(=O)C(C)(C)C)(OC)n1cnc2c(N)ncnc21. The molecule has 2 aromatic rings. The number of imidazole rings is 1. The number of nitrogens with zero attached hydrogens (tertiary/aromatic N) is 4. The maximum atomic E-state index is 12.7. The normalized spacial score (nSPS) is 15.7. The third kappa shape index (κ3) is 3.51. The van der Waals surface area contributed by atoms with E-state index in [0.717, 1.165) is 0 Å². The van der Waals surface area contributed by atoms with Gasteiger partial charge in [-0.05, 0) is 20.8 Å². The van der Waals surface area contributed by atoms with Crippen LogP contribution in [-0.2, 0) is 28.8 Å². The van der Waals surface area contributed by atoms with Crippen molar-refractivity contribution in [3.8, 4) is 0 Å². The van der Waals surface area contributed by atoms with Crippen LogP contribution in [0.1, 0.15) is 20.8 Å². The molecule has 11 heteroatoms. The first-order chi connectivity index (χ1) is 11.7. The zero-order valence-corrected chi connectivity index (χ0v) is 15.8. The summed E-state index contributed by atoms with van der Waals surface area (Å²) in [6.45, 7) is 4.79. The molecule has 10 nitrogen and oxygen atoms in total. The lowest BCUT2D eigenvalue weighted by Gasteiger charge is -2.32. The Bertz CT molecular complexity index is 802. The number of hydrogen-bond donors (Lipinski definition) is 1. The van der Waals surface area contributed by atoms with E-state index in [2.05, 4.69) is 15.0 Å². The van der Waals surface area contributed by atoms with E-state index in [1.54, 1.807) is 20.8 Å². The third-order valence-electron chi connectivity index (χ3n) is 3.60. The minimum atomic E-state index is -2.87. The fraction of sp³-hybridized carbons (Fsp3) is 0.571. The average molecular weight is 371 g/mol. The molecule has 0 fully saturated rings. The van der Waals surface area contributed by atoms with Crippen LogP contribution in [0, 0.1) is 5.41 Å². The van der Waals surface area contributed by atoms with Crippen molar-refractivity contribution in [1.82, 2.24) is 19.5 Å². The van der Waals surface area contributed by atoms with Gasteiger partial charge in [0.25, 0.3) is 5.47 Å². The summed E-state index contributed by atoms with van der Waals surface area (Å²) < 4.78 is 29.9. The van der Waals surface area contributed by atoms with E-state index in [1.165, 1.54) is 31.4 Å². The second kappa shape index (κ2) is 7.07. The fourth-order valence-electron chi connectivity index (χ4n) is 2.12. The van der Waals surface area contributed by atoms with Crippen LogP contribution in [0.15, 0.2) is 12.7 Å². The summed E-state index contributed by atoms with van der Waals surface area (Å²) in [7, 11) is -0.254. The van der Waals surface area contributed by atoms with Gasteiger partial charge in [-0.3, -0.25) is 13.9 Å². The van der Waals surface area contributed by atoms with E-state index in [9.17, 15) is 9.36 Å². The molecule has 138 valence electrons. The summed E-state index contributed by atoms with van der Waals surface area (Å²) in [4.78, 5) is 24.3. The molecule has 0 spiro atoms. The van der Waals surface area contributed by atoms with Gasteiger partial charge in [0.1, 0.15) is 24.8 Å². The lowest BCUT2D eigenvalue weighted by Crippen LogP contribution is -2.39. The molecule has 0 radical (unpaired) electrons. The Kier molecular flexibility index (Phi) is 5.46. The number of fused-ring (bicyclic) bond motifs is 1. The Morgan fingerprint density at radius 1 is 1.28 bits per heavy atom. The number of carbonyl (C=O) groups is 1. The zero-order chi connectivity index (χ0) is 18.8. The van der Waals surface area contributed by atoms with Crippen molar-refractivity contribution < 1.29 is 23.4 Å². The molecule has 2 heterocycles. The summed E-state index contributed by atoms with van der Waals surface area (Å²) >= 11 is 0. The maximum absolute atomic E-state index is 12.7. The second-order valence-corrected chi connectivity index (χ2v) is 8.12. The highest BCUT2D eigenvalue weighted by molar-refractivity contribution is 7.40.